The van der Waals surface area contributed by atoms with Crippen LogP contribution in [0.2, 0.25) is 0 Å². The highest BCUT2D eigenvalue weighted by molar-refractivity contribution is 7.80. The summed E-state index contributed by atoms with van der Waals surface area (Å²) in [5, 5.41) is 2.51. The number of hydrogen-bond acceptors (Lipinski definition) is 5. The van der Waals surface area contributed by atoms with Gasteiger partial charge in [0.2, 0.25) is 0 Å². The fraction of sp³-hybridized carbons (Fsp3) is 0.900. The quantitative estimate of drug-likeness (QED) is 0.291. The van der Waals surface area contributed by atoms with Crippen molar-refractivity contribution < 1.29 is 28.7 Å². The van der Waals surface area contributed by atoms with E-state index in [-0.39, 0.29) is 0 Å². The molecule has 1 aliphatic rings. The van der Waals surface area contributed by atoms with E-state index < -0.39 is 27.1 Å². The van der Waals surface area contributed by atoms with Gasteiger partial charge in [0.1, 0.15) is 5.78 Å². The van der Waals surface area contributed by atoms with Crippen molar-refractivity contribution in [2.24, 2.45) is 10.9 Å². The molecule has 21 heavy (non-hydrogen) atoms. The molecule has 8 nitrogen and oxygen atoms in total. The minimum Gasteiger partial charge on any atom is -0.360 e. The standard InChI is InChI=1S/C10H22N2O6P2S/c13-19(14,15)7-10(20(16,17)18)12-9-4-3-8(6-11-9)2-1-5-21/h8,10,21H,1-7H2,(H,11,12)(H2,13,14,15)(H2,16,17,18). The summed E-state index contributed by atoms with van der Waals surface area (Å²) >= 11 is 4.15. The van der Waals surface area contributed by atoms with E-state index >= 15 is 0 Å². The lowest BCUT2D eigenvalue weighted by Crippen LogP contribution is -2.39. The third kappa shape index (κ3) is 7.79. The highest BCUT2D eigenvalue weighted by atomic mass is 32.1. The number of thiol groups is 1. The van der Waals surface area contributed by atoms with Gasteiger partial charge in [-0.25, -0.2) is 0 Å². The summed E-state index contributed by atoms with van der Waals surface area (Å²) in [6, 6.07) is 0. The second-order valence-electron chi connectivity index (χ2n) is 5.15. The van der Waals surface area contributed by atoms with Crippen LogP contribution in [0.15, 0.2) is 4.99 Å². The smallest absolute Gasteiger partial charge is 0.348 e. The highest BCUT2D eigenvalue weighted by Crippen LogP contribution is 2.47. The van der Waals surface area contributed by atoms with Crippen LogP contribution in [0.1, 0.15) is 25.7 Å². The predicted molar refractivity (Wildman–Crippen MR) is 84.0 cm³/mol. The zero-order chi connectivity index (χ0) is 16.1. The first-order valence-electron chi connectivity index (χ1n) is 6.62. The zero-order valence-corrected chi connectivity index (χ0v) is 14.2. The molecule has 0 radical (unpaired) electrons. The van der Waals surface area contributed by atoms with Crippen LogP contribution in [0.25, 0.3) is 0 Å². The van der Waals surface area contributed by atoms with Gasteiger partial charge >= 0.3 is 15.2 Å². The molecule has 0 saturated carbocycles. The van der Waals surface area contributed by atoms with E-state index in [2.05, 4.69) is 22.9 Å². The van der Waals surface area contributed by atoms with Crippen LogP contribution in [0.5, 0.6) is 0 Å². The van der Waals surface area contributed by atoms with Crippen LogP contribution >= 0.6 is 27.8 Å². The largest absolute Gasteiger partial charge is 0.360 e. The molecule has 1 heterocycles. The minimum absolute atomic E-state index is 0.402. The Morgan fingerprint density at radius 2 is 2.00 bits per heavy atom. The molecule has 0 saturated heterocycles. The molecule has 5 N–H and O–H groups in total. The lowest BCUT2D eigenvalue weighted by atomic mass is 9.95. The van der Waals surface area contributed by atoms with Gasteiger partial charge in [-0.2, -0.15) is 12.6 Å². The summed E-state index contributed by atoms with van der Waals surface area (Å²) in [5.74, 6) is 0.0383. The Morgan fingerprint density at radius 3 is 2.43 bits per heavy atom. The van der Waals surface area contributed by atoms with Crippen molar-refractivity contribution in [2.45, 2.75) is 31.5 Å². The summed E-state index contributed by atoms with van der Waals surface area (Å²) in [5.41, 5.74) is 0. The average molecular weight is 360 g/mol. The van der Waals surface area contributed by atoms with Crippen LogP contribution in [0.4, 0.5) is 0 Å². The number of amidine groups is 1. The van der Waals surface area contributed by atoms with Gasteiger partial charge in [-0.3, -0.25) is 14.1 Å². The molecule has 124 valence electrons. The molecule has 1 rings (SSSR count). The molecule has 0 amide bonds. The maximum atomic E-state index is 11.3. The molecular weight excluding hydrogens is 338 g/mol. The third-order valence-corrected chi connectivity index (χ3v) is 5.82. The molecule has 2 atom stereocenters. The van der Waals surface area contributed by atoms with E-state index in [0.29, 0.717) is 24.7 Å². The number of nitrogens with zero attached hydrogens (tertiary/aromatic N) is 1. The van der Waals surface area contributed by atoms with Crippen LogP contribution < -0.4 is 5.32 Å². The molecule has 0 fully saturated rings. The first-order chi connectivity index (χ1) is 9.62. The monoisotopic (exact) mass is 360 g/mol. The van der Waals surface area contributed by atoms with Gasteiger partial charge in [0.25, 0.3) is 0 Å². The Hall–Kier alpha value is 0.120. The molecular formula is C10H22N2O6P2S. The van der Waals surface area contributed by atoms with E-state index in [1.54, 1.807) is 0 Å². The van der Waals surface area contributed by atoms with Gasteiger partial charge in [0.15, 0.2) is 0 Å². The Kier molecular flexibility index (Phi) is 7.40. The molecule has 0 aliphatic carbocycles. The topological polar surface area (TPSA) is 139 Å². The Morgan fingerprint density at radius 1 is 1.33 bits per heavy atom. The second-order valence-corrected chi connectivity index (χ2v) is 9.10. The summed E-state index contributed by atoms with van der Waals surface area (Å²) in [6.07, 6.45) is 2.44. The normalized spacial score (nSPS) is 21.8. The summed E-state index contributed by atoms with van der Waals surface area (Å²) in [4.78, 5) is 40.4. The maximum Gasteiger partial charge on any atom is 0.348 e. The van der Waals surface area contributed by atoms with Crippen molar-refractivity contribution in [3.8, 4) is 0 Å². The van der Waals surface area contributed by atoms with E-state index in [0.717, 1.165) is 25.0 Å². The molecule has 11 heteroatoms. The minimum atomic E-state index is -4.67. The summed E-state index contributed by atoms with van der Waals surface area (Å²) in [6.45, 7) is 0.555. The van der Waals surface area contributed by atoms with Crippen LogP contribution in [-0.2, 0) is 9.13 Å². The van der Waals surface area contributed by atoms with Gasteiger partial charge in [0.05, 0.1) is 12.0 Å². The summed E-state index contributed by atoms with van der Waals surface area (Å²) < 4.78 is 22.3. The molecule has 2 unspecified atom stereocenters. The van der Waals surface area contributed by atoms with Crippen molar-refractivity contribution in [1.82, 2.24) is 5.32 Å². The van der Waals surface area contributed by atoms with Gasteiger partial charge in [-0.15, -0.1) is 0 Å². The molecule has 1 aliphatic heterocycles. The van der Waals surface area contributed by atoms with Crippen molar-refractivity contribution >= 4 is 33.7 Å². The van der Waals surface area contributed by atoms with Crippen molar-refractivity contribution in [2.75, 3.05) is 18.5 Å². The highest BCUT2D eigenvalue weighted by Gasteiger charge is 2.36. The molecule has 0 aromatic carbocycles. The van der Waals surface area contributed by atoms with Crippen LogP contribution in [-0.4, -0.2) is 49.7 Å². The molecule has 0 spiro atoms. The van der Waals surface area contributed by atoms with E-state index in [1.165, 1.54) is 0 Å². The molecule has 0 aromatic rings. The maximum absolute atomic E-state index is 11.3. The second kappa shape index (κ2) is 8.11. The fourth-order valence-electron chi connectivity index (χ4n) is 2.14. The number of hydrogen-bond donors (Lipinski definition) is 6. The van der Waals surface area contributed by atoms with Gasteiger partial charge in [-0.1, -0.05) is 0 Å². The van der Waals surface area contributed by atoms with Crippen LogP contribution in [0.3, 0.4) is 0 Å². The zero-order valence-electron chi connectivity index (χ0n) is 11.5. The Balaban J connectivity index is 2.62. The van der Waals surface area contributed by atoms with Gasteiger partial charge < -0.3 is 24.9 Å². The Bertz CT molecular complexity index is 462. The average Bonchev–Trinajstić information content (AvgIpc) is 2.34. The third-order valence-electron chi connectivity index (χ3n) is 3.25. The Labute approximate surface area is 129 Å². The molecule has 0 bridgehead atoms. The van der Waals surface area contributed by atoms with E-state index in [1.807, 2.05) is 0 Å². The fourth-order valence-corrected chi connectivity index (χ4v) is 4.67. The van der Waals surface area contributed by atoms with Gasteiger partial charge in [-0.05, 0) is 30.9 Å². The first-order valence-corrected chi connectivity index (χ1v) is 10.7. The first kappa shape index (κ1) is 19.2. The number of nitrogens with one attached hydrogen (secondary N) is 1. The van der Waals surface area contributed by atoms with Crippen molar-refractivity contribution in [3.63, 3.8) is 0 Å². The van der Waals surface area contributed by atoms with Crippen LogP contribution in [0, 0.1) is 5.92 Å². The lowest BCUT2D eigenvalue weighted by molar-refractivity contribution is 0.341. The number of aliphatic imine (C=N–C) groups is 1. The van der Waals surface area contributed by atoms with Crippen molar-refractivity contribution in [1.29, 1.82) is 0 Å². The van der Waals surface area contributed by atoms with Crippen molar-refractivity contribution in [3.05, 3.63) is 0 Å². The van der Waals surface area contributed by atoms with E-state index in [9.17, 15) is 18.9 Å². The van der Waals surface area contributed by atoms with E-state index in [4.69, 9.17) is 9.79 Å². The predicted octanol–water partition coefficient (Wildman–Crippen LogP) is 0.776. The number of rotatable bonds is 7. The lowest BCUT2D eigenvalue weighted by Gasteiger charge is -2.26. The summed E-state index contributed by atoms with van der Waals surface area (Å²) in [7, 11) is -9.20. The van der Waals surface area contributed by atoms with Gasteiger partial charge in [0, 0.05) is 13.0 Å². The SMILES string of the molecule is O=P(O)(O)CC(NC1=NCC(CCCS)CC1)P(=O)(O)O. The molecule has 0 aromatic heterocycles.